The van der Waals surface area contributed by atoms with E-state index in [4.69, 9.17) is 0 Å². The van der Waals surface area contributed by atoms with Gasteiger partial charge in [-0.05, 0) is 29.9 Å². The third-order valence-electron chi connectivity index (χ3n) is 2.81. The van der Waals surface area contributed by atoms with E-state index in [1.54, 1.807) is 0 Å². The van der Waals surface area contributed by atoms with Crippen molar-refractivity contribution in [3.63, 3.8) is 0 Å². The van der Waals surface area contributed by atoms with Crippen LogP contribution in [0.15, 0.2) is 24.3 Å². The van der Waals surface area contributed by atoms with Gasteiger partial charge in [0.05, 0.1) is 6.10 Å². The molecule has 0 aromatic heterocycles. The maximum atomic E-state index is 10.0. The predicted octanol–water partition coefficient (Wildman–Crippen LogP) is 4.11. The number of hydrogen-bond donors (Lipinski definition) is 1. The van der Waals surface area contributed by atoms with E-state index in [0.717, 1.165) is 31.2 Å². The molecule has 16 heavy (non-hydrogen) atoms. The molecule has 90 valence electrons. The number of hydrogen-bond acceptors (Lipinski definition) is 1. The van der Waals surface area contributed by atoms with E-state index in [1.807, 2.05) is 6.07 Å². The molecule has 1 atom stereocenters. The van der Waals surface area contributed by atoms with Gasteiger partial charge in [-0.2, -0.15) is 0 Å². The highest BCUT2D eigenvalue weighted by Gasteiger charge is 2.07. The molecule has 0 heterocycles. The Balaban J connectivity index is 2.65. The third kappa shape index (κ3) is 4.36. The zero-order valence-electron chi connectivity index (χ0n) is 10.7. The fourth-order valence-electron chi connectivity index (χ4n) is 1.96. The molecule has 0 aliphatic heterocycles. The van der Waals surface area contributed by atoms with Gasteiger partial charge in [0.1, 0.15) is 0 Å². The smallest absolute Gasteiger partial charge is 0.0790 e. The highest BCUT2D eigenvalue weighted by Crippen LogP contribution is 2.21. The van der Waals surface area contributed by atoms with Crippen molar-refractivity contribution in [3.8, 4) is 0 Å². The lowest BCUT2D eigenvalue weighted by Crippen LogP contribution is -2.00. The molecule has 0 radical (unpaired) electrons. The summed E-state index contributed by atoms with van der Waals surface area (Å²) >= 11 is 0. The Morgan fingerprint density at radius 2 is 2.00 bits per heavy atom. The zero-order chi connectivity index (χ0) is 12.0. The van der Waals surface area contributed by atoms with Gasteiger partial charge in [-0.1, -0.05) is 57.9 Å². The van der Waals surface area contributed by atoms with Crippen molar-refractivity contribution in [3.05, 3.63) is 35.4 Å². The SMILES string of the molecule is CCCCC(O)c1cccc(CC(C)C)c1. The van der Waals surface area contributed by atoms with Gasteiger partial charge in [-0.15, -0.1) is 0 Å². The van der Waals surface area contributed by atoms with Gasteiger partial charge < -0.3 is 5.11 Å². The summed E-state index contributed by atoms with van der Waals surface area (Å²) in [5.41, 5.74) is 2.41. The fourth-order valence-corrected chi connectivity index (χ4v) is 1.96. The summed E-state index contributed by atoms with van der Waals surface area (Å²) in [6, 6.07) is 8.39. The summed E-state index contributed by atoms with van der Waals surface area (Å²) in [6.45, 7) is 6.60. The van der Waals surface area contributed by atoms with Crippen LogP contribution >= 0.6 is 0 Å². The second kappa shape index (κ2) is 6.70. The minimum absolute atomic E-state index is 0.285. The van der Waals surface area contributed by atoms with Gasteiger partial charge in [-0.25, -0.2) is 0 Å². The van der Waals surface area contributed by atoms with Crippen LogP contribution in [0.25, 0.3) is 0 Å². The molecule has 0 aliphatic rings. The molecule has 1 N–H and O–H groups in total. The summed E-state index contributed by atoms with van der Waals surface area (Å²) < 4.78 is 0. The lowest BCUT2D eigenvalue weighted by atomic mass is 9.97. The van der Waals surface area contributed by atoms with Gasteiger partial charge in [0.15, 0.2) is 0 Å². The Labute approximate surface area is 99.5 Å². The standard InChI is InChI=1S/C15H24O/c1-4-5-9-15(16)14-8-6-7-13(11-14)10-12(2)3/h6-8,11-12,15-16H,4-5,9-10H2,1-3H3. The van der Waals surface area contributed by atoms with Crippen molar-refractivity contribution in [2.24, 2.45) is 5.92 Å². The van der Waals surface area contributed by atoms with Gasteiger partial charge in [-0.3, -0.25) is 0 Å². The van der Waals surface area contributed by atoms with Gasteiger partial charge >= 0.3 is 0 Å². The molecule has 0 saturated carbocycles. The van der Waals surface area contributed by atoms with Crippen molar-refractivity contribution in [2.45, 2.75) is 52.6 Å². The monoisotopic (exact) mass is 220 g/mol. The van der Waals surface area contributed by atoms with E-state index in [1.165, 1.54) is 5.56 Å². The van der Waals surface area contributed by atoms with Gasteiger partial charge in [0.2, 0.25) is 0 Å². The van der Waals surface area contributed by atoms with Crippen LogP contribution in [0.4, 0.5) is 0 Å². The molecule has 1 rings (SSSR count). The summed E-state index contributed by atoms with van der Waals surface area (Å²) in [6.07, 6.45) is 3.92. The minimum Gasteiger partial charge on any atom is -0.388 e. The quantitative estimate of drug-likeness (QED) is 0.765. The van der Waals surface area contributed by atoms with E-state index in [9.17, 15) is 5.11 Å². The number of unbranched alkanes of at least 4 members (excludes halogenated alkanes) is 1. The highest BCUT2D eigenvalue weighted by atomic mass is 16.3. The van der Waals surface area contributed by atoms with E-state index < -0.39 is 0 Å². The van der Waals surface area contributed by atoms with Crippen LogP contribution in [0.2, 0.25) is 0 Å². The van der Waals surface area contributed by atoms with Gasteiger partial charge in [0, 0.05) is 0 Å². The van der Waals surface area contributed by atoms with Crippen molar-refractivity contribution < 1.29 is 5.11 Å². The Morgan fingerprint density at radius 1 is 1.25 bits per heavy atom. The first-order chi connectivity index (χ1) is 7.63. The first-order valence-electron chi connectivity index (χ1n) is 6.40. The van der Waals surface area contributed by atoms with Crippen molar-refractivity contribution in [1.82, 2.24) is 0 Å². The summed E-state index contributed by atoms with van der Waals surface area (Å²) in [7, 11) is 0. The lowest BCUT2D eigenvalue weighted by Gasteiger charge is -2.12. The lowest BCUT2D eigenvalue weighted by molar-refractivity contribution is 0.164. The fraction of sp³-hybridized carbons (Fsp3) is 0.600. The van der Waals surface area contributed by atoms with Crippen LogP contribution in [0.1, 0.15) is 57.3 Å². The first-order valence-corrected chi connectivity index (χ1v) is 6.40. The molecule has 1 aromatic rings. The molecule has 1 aromatic carbocycles. The summed E-state index contributed by atoms with van der Waals surface area (Å²) in [5.74, 6) is 0.669. The highest BCUT2D eigenvalue weighted by molar-refractivity contribution is 5.25. The van der Waals surface area contributed by atoms with E-state index in [2.05, 4.69) is 39.0 Å². The molecular formula is C15H24O. The number of aliphatic hydroxyl groups is 1. The second-order valence-corrected chi connectivity index (χ2v) is 5.00. The molecule has 0 aliphatic carbocycles. The largest absolute Gasteiger partial charge is 0.388 e. The molecule has 0 fully saturated rings. The molecule has 1 unspecified atom stereocenters. The molecule has 0 saturated heterocycles. The van der Waals surface area contributed by atoms with E-state index >= 15 is 0 Å². The van der Waals surface area contributed by atoms with E-state index in [0.29, 0.717) is 5.92 Å². The Morgan fingerprint density at radius 3 is 2.62 bits per heavy atom. The predicted molar refractivity (Wildman–Crippen MR) is 69.5 cm³/mol. The number of aliphatic hydroxyl groups excluding tert-OH is 1. The average Bonchev–Trinajstić information content (AvgIpc) is 2.25. The number of rotatable bonds is 6. The molecule has 1 heteroatoms. The molecule has 0 bridgehead atoms. The van der Waals surface area contributed by atoms with Crippen LogP contribution in [0.3, 0.4) is 0 Å². The van der Waals surface area contributed by atoms with E-state index in [-0.39, 0.29) is 6.10 Å². The summed E-state index contributed by atoms with van der Waals surface area (Å²) in [5, 5.41) is 10.0. The topological polar surface area (TPSA) is 20.2 Å². The van der Waals surface area contributed by atoms with Gasteiger partial charge in [0.25, 0.3) is 0 Å². The van der Waals surface area contributed by atoms with Crippen LogP contribution in [-0.2, 0) is 6.42 Å². The average molecular weight is 220 g/mol. The van der Waals surface area contributed by atoms with Crippen molar-refractivity contribution >= 4 is 0 Å². The Bertz CT molecular complexity index is 304. The van der Waals surface area contributed by atoms with Crippen LogP contribution < -0.4 is 0 Å². The minimum atomic E-state index is -0.285. The molecular weight excluding hydrogens is 196 g/mol. The van der Waals surface area contributed by atoms with Crippen molar-refractivity contribution in [1.29, 1.82) is 0 Å². The maximum Gasteiger partial charge on any atom is 0.0790 e. The zero-order valence-corrected chi connectivity index (χ0v) is 10.7. The first kappa shape index (κ1) is 13.2. The van der Waals surface area contributed by atoms with Crippen LogP contribution in [-0.4, -0.2) is 5.11 Å². The second-order valence-electron chi connectivity index (χ2n) is 5.00. The third-order valence-corrected chi connectivity index (χ3v) is 2.81. The Hall–Kier alpha value is -0.820. The molecule has 1 nitrogen and oxygen atoms in total. The van der Waals surface area contributed by atoms with Crippen LogP contribution in [0, 0.1) is 5.92 Å². The maximum absolute atomic E-state index is 10.0. The molecule has 0 amide bonds. The van der Waals surface area contributed by atoms with Crippen LogP contribution in [0.5, 0.6) is 0 Å². The summed E-state index contributed by atoms with van der Waals surface area (Å²) in [4.78, 5) is 0. The van der Waals surface area contributed by atoms with Crippen molar-refractivity contribution in [2.75, 3.05) is 0 Å². The molecule has 0 spiro atoms. The Kier molecular flexibility index (Phi) is 5.54. The normalized spacial score (nSPS) is 13.1. The number of benzene rings is 1.